The monoisotopic (exact) mass is 548 g/mol. The van der Waals surface area contributed by atoms with Crippen LogP contribution in [-0.4, -0.2) is 9.13 Å². The Morgan fingerprint density at radius 1 is 0.419 bits per heavy atom. The first kappa shape index (κ1) is 22.8. The third kappa shape index (κ3) is 3.03. The lowest BCUT2D eigenvalue weighted by Gasteiger charge is -2.11. The fourth-order valence-electron chi connectivity index (χ4n) is 7.26. The average molecular weight is 549 g/mol. The summed E-state index contributed by atoms with van der Waals surface area (Å²) in [5.74, 6) is 0. The van der Waals surface area contributed by atoms with Gasteiger partial charge in [-0.3, -0.25) is 0 Å². The van der Waals surface area contributed by atoms with Gasteiger partial charge in [-0.25, -0.2) is 0 Å². The van der Waals surface area contributed by atoms with Crippen LogP contribution in [0.2, 0.25) is 0 Å². The molecule has 0 radical (unpaired) electrons. The molecule has 7 aromatic carbocycles. The molecular weight excluding hydrogens is 524 g/mol. The number of rotatable bonds is 2. The molecule has 3 heterocycles. The van der Waals surface area contributed by atoms with E-state index < -0.39 is 0 Å². The minimum Gasteiger partial charge on any atom is -0.454 e. The molecule has 3 heteroatoms. The fourth-order valence-corrected chi connectivity index (χ4v) is 7.26. The van der Waals surface area contributed by atoms with Crippen LogP contribution in [0.3, 0.4) is 0 Å². The van der Waals surface area contributed by atoms with Crippen LogP contribution in [0.25, 0.3) is 87.7 Å². The van der Waals surface area contributed by atoms with Gasteiger partial charge in [0.15, 0.2) is 5.58 Å². The lowest BCUT2D eigenvalue weighted by atomic mass is 10.1. The highest BCUT2D eigenvalue weighted by Gasteiger charge is 2.22. The fraction of sp³-hybridized carbons (Fsp3) is 0. The van der Waals surface area contributed by atoms with E-state index in [-0.39, 0.29) is 0 Å². The Kier molecular flexibility index (Phi) is 4.45. The predicted octanol–water partition coefficient (Wildman–Crippen LogP) is 10.9. The summed E-state index contributed by atoms with van der Waals surface area (Å²) >= 11 is 0. The van der Waals surface area contributed by atoms with Gasteiger partial charge in [0.2, 0.25) is 0 Å². The molecular formula is C40H24N2O. The predicted molar refractivity (Wildman–Crippen MR) is 180 cm³/mol. The number of fused-ring (bicyclic) bond motifs is 11. The van der Waals surface area contributed by atoms with Gasteiger partial charge in [0.25, 0.3) is 0 Å². The van der Waals surface area contributed by atoms with Crippen LogP contribution in [0, 0.1) is 0 Å². The smallest absolute Gasteiger partial charge is 0.159 e. The van der Waals surface area contributed by atoms with Gasteiger partial charge in [-0.05, 0) is 53.2 Å². The number of nitrogens with zero attached hydrogens (tertiary/aromatic N) is 2. The second-order valence-corrected chi connectivity index (χ2v) is 11.3. The molecule has 0 atom stereocenters. The van der Waals surface area contributed by atoms with Gasteiger partial charge >= 0.3 is 0 Å². The van der Waals surface area contributed by atoms with Crippen LogP contribution >= 0.6 is 0 Å². The molecule has 3 aromatic heterocycles. The van der Waals surface area contributed by atoms with E-state index in [0.29, 0.717) is 0 Å². The zero-order chi connectivity index (χ0) is 28.1. The van der Waals surface area contributed by atoms with E-state index in [0.717, 1.165) is 44.3 Å². The number of hydrogen-bond acceptors (Lipinski definition) is 1. The Morgan fingerprint density at radius 2 is 1.12 bits per heavy atom. The molecule has 0 aliphatic rings. The molecule has 0 aliphatic heterocycles. The Bertz CT molecular complexity index is 2740. The van der Waals surface area contributed by atoms with Crippen molar-refractivity contribution in [3.8, 4) is 11.4 Å². The normalized spacial score (nSPS) is 12.2. The van der Waals surface area contributed by atoms with Crippen LogP contribution in [0.5, 0.6) is 0 Å². The molecule has 3 nitrogen and oxygen atoms in total. The first-order valence-corrected chi connectivity index (χ1v) is 14.7. The number of aromatic nitrogens is 2. The number of benzene rings is 7. The van der Waals surface area contributed by atoms with Crippen molar-refractivity contribution in [2.75, 3.05) is 0 Å². The van der Waals surface area contributed by atoms with Gasteiger partial charge in [-0.15, -0.1) is 0 Å². The van der Waals surface area contributed by atoms with E-state index in [1.54, 1.807) is 0 Å². The van der Waals surface area contributed by atoms with Crippen molar-refractivity contribution in [3.63, 3.8) is 0 Å². The highest BCUT2D eigenvalue weighted by atomic mass is 16.3. The molecule has 0 N–H and O–H groups in total. The summed E-state index contributed by atoms with van der Waals surface area (Å²) in [6.07, 6.45) is 0. The topological polar surface area (TPSA) is 23.0 Å². The maximum Gasteiger partial charge on any atom is 0.159 e. The number of hydrogen-bond donors (Lipinski definition) is 0. The van der Waals surface area contributed by atoms with Crippen molar-refractivity contribution in [1.82, 2.24) is 9.13 Å². The van der Waals surface area contributed by atoms with Crippen molar-refractivity contribution in [3.05, 3.63) is 146 Å². The average Bonchev–Trinajstić information content (AvgIpc) is 3.72. The van der Waals surface area contributed by atoms with Crippen LogP contribution in [-0.2, 0) is 0 Å². The molecule has 0 unspecified atom stereocenters. The zero-order valence-electron chi connectivity index (χ0n) is 23.2. The van der Waals surface area contributed by atoms with Gasteiger partial charge in [0.1, 0.15) is 5.58 Å². The molecule has 0 amide bonds. The lowest BCUT2D eigenvalue weighted by molar-refractivity contribution is 0.666. The van der Waals surface area contributed by atoms with Gasteiger partial charge in [0.05, 0.1) is 27.8 Å². The summed E-state index contributed by atoms with van der Waals surface area (Å²) in [5.41, 5.74) is 8.77. The molecule has 0 fully saturated rings. The van der Waals surface area contributed by atoms with E-state index in [1.807, 2.05) is 6.07 Å². The first-order chi connectivity index (χ1) is 21.3. The molecule has 10 rings (SSSR count). The Morgan fingerprint density at radius 3 is 2.00 bits per heavy atom. The lowest BCUT2D eigenvalue weighted by Crippen LogP contribution is -1.96. The van der Waals surface area contributed by atoms with E-state index >= 15 is 0 Å². The summed E-state index contributed by atoms with van der Waals surface area (Å²) in [6, 6.07) is 52.3. The van der Waals surface area contributed by atoms with E-state index in [4.69, 9.17) is 4.42 Å². The van der Waals surface area contributed by atoms with Crippen LogP contribution in [0.15, 0.2) is 150 Å². The molecule has 200 valence electrons. The van der Waals surface area contributed by atoms with Crippen molar-refractivity contribution in [1.29, 1.82) is 0 Å². The van der Waals surface area contributed by atoms with Crippen LogP contribution in [0.4, 0.5) is 0 Å². The summed E-state index contributed by atoms with van der Waals surface area (Å²) < 4.78 is 11.4. The maximum atomic E-state index is 6.55. The van der Waals surface area contributed by atoms with E-state index in [1.165, 1.54) is 43.4 Å². The number of furan rings is 1. The minimum atomic E-state index is 0.904. The standard InChI is InChI=1S/C40H24N2O/c1-2-11-26-24-27(21-20-25(26)10-1)41-33-16-6-3-12-28(33)30-22-23-35-38(39(30)41)32-14-4-7-17-34(32)42(35)36-18-9-15-31-29-13-5-8-19-37(29)43-40(31)36/h1-24H. The van der Waals surface area contributed by atoms with Crippen molar-refractivity contribution in [2.45, 2.75) is 0 Å². The molecule has 0 aliphatic carbocycles. The van der Waals surface area contributed by atoms with E-state index in [9.17, 15) is 0 Å². The van der Waals surface area contributed by atoms with Gasteiger partial charge in [-0.2, -0.15) is 0 Å². The molecule has 0 bridgehead atoms. The Labute approximate surface area is 246 Å². The Hall–Kier alpha value is -5.80. The van der Waals surface area contributed by atoms with E-state index in [2.05, 4.69) is 149 Å². The maximum absolute atomic E-state index is 6.55. The quantitative estimate of drug-likeness (QED) is 0.211. The van der Waals surface area contributed by atoms with Crippen molar-refractivity contribution < 1.29 is 4.42 Å². The number of para-hydroxylation sites is 4. The van der Waals surface area contributed by atoms with Gasteiger partial charge in [-0.1, -0.05) is 103 Å². The highest BCUT2D eigenvalue weighted by Crippen LogP contribution is 2.43. The first-order valence-electron chi connectivity index (χ1n) is 14.7. The molecule has 0 saturated carbocycles. The Balaban J connectivity index is 1.40. The molecule has 0 saturated heterocycles. The third-order valence-corrected chi connectivity index (χ3v) is 9.09. The summed E-state index contributed by atoms with van der Waals surface area (Å²) in [5, 5.41) is 9.71. The third-order valence-electron chi connectivity index (χ3n) is 9.09. The summed E-state index contributed by atoms with van der Waals surface area (Å²) in [7, 11) is 0. The second-order valence-electron chi connectivity index (χ2n) is 11.3. The van der Waals surface area contributed by atoms with Gasteiger partial charge < -0.3 is 13.6 Å². The van der Waals surface area contributed by atoms with Crippen molar-refractivity contribution >= 4 is 76.3 Å². The zero-order valence-corrected chi connectivity index (χ0v) is 23.2. The second kappa shape index (κ2) is 8.37. The van der Waals surface area contributed by atoms with Crippen molar-refractivity contribution in [2.24, 2.45) is 0 Å². The highest BCUT2D eigenvalue weighted by molar-refractivity contribution is 6.26. The largest absolute Gasteiger partial charge is 0.454 e. The minimum absolute atomic E-state index is 0.904. The van der Waals surface area contributed by atoms with Crippen LogP contribution < -0.4 is 0 Å². The van der Waals surface area contributed by atoms with Crippen LogP contribution in [0.1, 0.15) is 0 Å². The molecule has 0 spiro atoms. The summed E-state index contributed by atoms with van der Waals surface area (Å²) in [6.45, 7) is 0. The molecule has 10 aromatic rings. The van der Waals surface area contributed by atoms with Gasteiger partial charge in [0, 0.05) is 38.0 Å². The SMILES string of the molecule is c1ccc2cc(-n3c4ccccc4c4ccc5c(c6ccccc6n5-c5cccc6c5oc5ccccc56)c43)ccc2c1. The molecule has 43 heavy (non-hydrogen) atoms. The summed E-state index contributed by atoms with van der Waals surface area (Å²) in [4.78, 5) is 0.